The van der Waals surface area contributed by atoms with Gasteiger partial charge >= 0.3 is 7.69 Å². The molecule has 0 aliphatic carbocycles. The van der Waals surface area contributed by atoms with Crippen LogP contribution in [0.2, 0.25) is 0 Å². The summed E-state index contributed by atoms with van der Waals surface area (Å²) in [7, 11) is 0.689. The largest absolute Gasteiger partial charge is 0.569 e. The monoisotopic (exact) mass is 342 g/mol. The fourth-order valence-electron chi connectivity index (χ4n) is 2.98. The second-order valence-corrected chi connectivity index (χ2v) is 5.90. The van der Waals surface area contributed by atoms with Gasteiger partial charge in [-0.1, -0.05) is 42.5 Å². The fourth-order valence-corrected chi connectivity index (χ4v) is 2.98. The summed E-state index contributed by atoms with van der Waals surface area (Å²) in [5.41, 5.74) is 5.60. The van der Waals surface area contributed by atoms with Crippen molar-refractivity contribution in [3.05, 3.63) is 90.0 Å². The van der Waals surface area contributed by atoms with Crippen LogP contribution in [0, 0.1) is 6.92 Å². The molecule has 0 unspecified atom stereocenters. The Balaban J connectivity index is 2.16. The van der Waals surface area contributed by atoms with Crippen molar-refractivity contribution in [2.24, 2.45) is 0 Å². The maximum atomic E-state index is 8.81. The molecule has 0 amide bonds. The van der Waals surface area contributed by atoms with Crippen LogP contribution in [-0.2, 0) is 0 Å². The number of anilines is 3. The quantitative estimate of drug-likeness (QED) is 0.609. The zero-order valence-electron chi connectivity index (χ0n) is 15.0. The van der Waals surface area contributed by atoms with Crippen LogP contribution >= 0.6 is 0 Å². The van der Waals surface area contributed by atoms with Crippen LogP contribution < -0.4 is 9.55 Å². The van der Waals surface area contributed by atoms with Crippen LogP contribution in [0.25, 0.3) is 6.08 Å². The molecule has 0 heterocycles. The van der Waals surface area contributed by atoms with E-state index in [0.29, 0.717) is 13.4 Å². The zero-order valence-corrected chi connectivity index (χ0v) is 15.0. The third kappa shape index (κ3) is 3.81. The lowest BCUT2D eigenvalue weighted by Crippen LogP contribution is -2.12. The second kappa shape index (κ2) is 8.41. The number of allylic oxidation sites excluding steroid dienone is 1. The Morgan fingerprint density at radius 3 is 2.23 bits per heavy atom. The molecule has 3 aromatic rings. The Labute approximate surface area is 155 Å². The predicted octanol–water partition coefficient (Wildman–Crippen LogP) is 5.40. The van der Waals surface area contributed by atoms with Crippen LogP contribution in [-0.4, -0.2) is 12.7 Å². The van der Waals surface area contributed by atoms with Crippen molar-refractivity contribution >= 4 is 30.8 Å². The molecule has 26 heavy (non-hydrogen) atoms. The highest BCUT2D eigenvalue weighted by Gasteiger charge is 2.16. The van der Waals surface area contributed by atoms with Gasteiger partial charge in [0.25, 0.3) is 0 Å². The number of rotatable bonds is 6. The Morgan fingerprint density at radius 1 is 0.885 bits per heavy atom. The van der Waals surface area contributed by atoms with Gasteiger partial charge in [-0.3, -0.25) is 0 Å². The minimum absolute atomic E-state index is 0.585. The van der Waals surface area contributed by atoms with Crippen molar-refractivity contribution in [3.8, 4) is 5.75 Å². The van der Waals surface area contributed by atoms with Gasteiger partial charge in [-0.05, 0) is 61.9 Å². The van der Waals surface area contributed by atoms with E-state index in [2.05, 4.69) is 54.3 Å². The highest BCUT2D eigenvalue weighted by Crippen LogP contribution is 2.38. The molecule has 0 aliphatic rings. The van der Waals surface area contributed by atoms with Crippen molar-refractivity contribution in [2.45, 2.75) is 13.8 Å². The molecule has 4 heteroatoms. The molecule has 1 radical (unpaired) electrons. The van der Waals surface area contributed by atoms with Gasteiger partial charge in [-0.2, -0.15) is 0 Å². The summed E-state index contributed by atoms with van der Waals surface area (Å²) < 4.78 is 5.03. The topological polar surface area (TPSA) is 32.7 Å². The number of hydrogen-bond donors (Lipinski definition) is 1. The zero-order chi connectivity index (χ0) is 18.4. The summed E-state index contributed by atoms with van der Waals surface area (Å²) in [6.07, 6.45) is 4.20. The summed E-state index contributed by atoms with van der Waals surface area (Å²) >= 11 is 0. The minimum atomic E-state index is 0.585. The van der Waals surface area contributed by atoms with Gasteiger partial charge in [-0.15, -0.1) is 0 Å². The van der Waals surface area contributed by atoms with Gasteiger partial charge in [0.2, 0.25) is 0 Å². The normalized spacial score (nSPS) is 10.7. The average molecular weight is 342 g/mol. The van der Waals surface area contributed by atoms with Crippen molar-refractivity contribution in [3.63, 3.8) is 0 Å². The molecular formula is C22H21BNO2. The number of hydrogen-bond acceptors (Lipinski definition) is 3. The van der Waals surface area contributed by atoms with Crippen molar-refractivity contribution in [1.82, 2.24) is 0 Å². The van der Waals surface area contributed by atoms with Crippen molar-refractivity contribution in [2.75, 3.05) is 4.90 Å². The Hall–Kier alpha value is -2.98. The lowest BCUT2D eigenvalue weighted by atomic mass is 10.0. The fraction of sp³-hybridized carbons (Fsp3) is 0.0909. The number of para-hydroxylation sites is 1. The molecule has 0 atom stereocenters. The lowest BCUT2D eigenvalue weighted by Gasteiger charge is -2.28. The maximum absolute atomic E-state index is 8.81. The van der Waals surface area contributed by atoms with E-state index >= 15 is 0 Å². The first-order valence-electron chi connectivity index (χ1n) is 8.54. The highest BCUT2D eigenvalue weighted by molar-refractivity contribution is 6.17. The molecule has 0 bridgehead atoms. The van der Waals surface area contributed by atoms with E-state index in [-0.39, 0.29) is 0 Å². The first-order valence-corrected chi connectivity index (χ1v) is 8.54. The van der Waals surface area contributed by atoms with Crippen molar-refractivity contribution in [1.29, 1.82) is 0 Å². The SMILES string of the molecule is C/C=C\c1c(C)cccc1N(c1ccccc1)c1ccc(O[B]O)cc1. The van der Waals surface area contributed by atoms with Crippen LogP contribution in [0.4, 0.5) is 17.1 Å². The molecule has 129 valence electrons. The number of nitrogens with zero attached hydrogens (tertiary/aromatic N) is 1. The van der Waals surface area contributed by atoms with E-state index in [1.54, 1.807) is 0 Å². The first kappa shape index (κ1) is 17.8. The Morgan fingerprint density at radius 2 is 1.58 bits per heavy atom. The third-order valence-corrected chi connectivity index (χ3v) is 4.17. The molecule has 0 spiro atoms. The van der Waals surface area contributed by atoms with Crippen LogP contribution in [0.3, 0.4) is 0 Å². The predicted molar refractivity (Wildman–Crippen MR) is 109 cm³/mol. The molecule has 3 aromatic carbocycles. The van der Waals surface area contributed by atoms with Gasteiger partial charge < -0.3 is 14.6 Å². The van der Waals surface area contributed by atoms with Crippen LogP contribution in [0.15, 0.2) is 78.9 Å². The van der Waals surface area contributed by atoms with E-state index in [0.717, 1.165) is 17.1 Å². The standard InChI is InChI=1S/C22H21BNO2/c1-3-8-21-17(2)9-7-12-22(21)24(18-10-5-4-6-11-18)19-13-15-20(16-14-19)26-23-25/h3-16,25H,1-2H3/b8-3-. The smallest absolute Gasteiger partial charge is 0.537 e. The molecule has 0 saturated heterocycles. The van der Waals surface area contributed by atoms with E-state index in [1.807, 2.05) is 49.4 Å². The number of benzene rings is 3. The lowest BCUT2D eigenvalue weighted by molar-refractivity contribution is 0.454. The minimum Gasteiger partial charge on any atom is -0.537 e. The molecule has 0 saturated carbocycles. The van der Waals surface area contributed by atoms with Gasteiger partial charge in [0, 0.05) is 16.9 Å². The Kier molecular flexibility index (Phi) is 5.77. The van der Waals surface area contributed by atoms with Crippen LogP contribution in [0.5, 0.6) is 5.75 Å². The second-order valence-electron chi connectivity index (χ2n) is 5.90. The maximum Gasteiger partial charge on any atom is 0.569 e. The van der Waals surface area contributed by atoms with E-state index in [4.69, 9.17) is 9.68 Å². The van der Waals surface area contributed by atoms with Gasteiger partial charge in [0.05, 0.1) is 5.69 Å². The van der Waals surface area contributed by atoms with Crippen LogP contribution in [0.1, 0.15) is 18.1 Å². The molecular weight excluding hydrogens is 321 g/mol. The first-order chi connectivity index (χ1) is 12.7. The molecule has 3 nitrogen and oxygen atoms in total. The molecule has 0 fully saturated rings. The third-order valence-electron chi connectivity index (χ3n) is 4.17. The van der Waals surface area contributed by atoms with Crippen molar-refractivity contribution < 1.29 is 9.68 Å². The molecule has 3 rings (SSSR count). The van der Waals surface area contributed by atoms with E-state index < -0.39 is 0 Å². The van der Waals surface area contributed by atoms with E-state index in [1.165, 1.54) is 11.1 Å². The summed E-state index contributed by atoms with van der Waals surface area (Å²) in [6, 6.07) is 24.2. The molecule has 0 aromatic heterocycles. The molecule has 1 N–H and O–H groups in total. The Bertz CT molecular complexity index is 876. The summed E-state index contributed by atoms with van der Waals surface area (Å²) in [4.78, 5) is 2.22. The van der Waals surface area contributed by atoms with Gasteiger partial charge in [0.15, 0.2) is 0 Å². The summed E-state index contributed by atoms with van der Waals surface area (Å²) in [6.45, 7) is 4.15. The van der Waals surface area contributed by atoms with Gasteiger partial charge in [-0.25, -0.2) is 0 Å². The average Bonchev–Trinajstić information content (AvgIpc) is 2.67. The van der Waals surface area contributed by atoms with Gasteiger partial charge in [0.1, 0.15) is 5.75 Å². The highest BCUT2D eigenvalue weighted by atomic mass is 16.5. The summed E-state index contributed by atoms with van der Waals surface area (Å²) in [5.74, 6) is 0.585. The molecule has 0 aliphatic heterocycles. The number of aryl methyl sites for hydroxylation is 1. The van der Waals surface area contributed by atoms with E-state index in [9.17, 15) is 0 Å². The summed E-state index contributed by atoms with van der Waals surface area (Å²) in [5, 5.41) is 8.81.